The monoisotopic (exact) mass is 333 g/mol. The van der Waals surface area contributed by atoms with Crippen molar-refractivity contribution in [2.75, 3.05) is 32.7 Å². The highest BCUT2D eigenvalue weighted by atomic mass is 35.5. The summed E-state index contributed by atoms with van der Waals surface area (Å²) in [5.74, 6) is 1.01. The zero-order valence-electron chi connectivity index (χ0n) is 12.0. The average molecular weight is 334 g/mol. The number of rotatable bonds is 6. The van der Waals surface area contributed by atoms with Gasteiger partial charge in [-0.05, 0) is 37.1 Å². The minimum atomic E-state index is -3.47. The van der Waals surface area contributed by atoms with Crippen LogP contribution in [0, 0.1) is 0 Å². The Hall–Kier alpha value is -0.820. The van der Waals surface area contributed by atoms with Crippen molar-refractivity contribution in [3.63, 3.8) is 0 Å². The van der Waals surface area contributed by atoms with E-state index >= 15 is 0 Å². The molecule has 0 spiro atoms. The summed E-state index contributed by atoms with van der Waals surface area (Å²) in [4.78, 5) is 0.275. The normalized spacial score (nSPS) is 20.4. The number of nitrogens with zero attached hydrogens (tertiary/aromatic N) is 1. The van der Waals surface area contributed by atoms with Crippen molar-refractivity contribution in [2.45, 2.75) is 23.8 Å². The number of hydrogen-bond donors (Lipinski definition) is 0. The van der Waals surface area contributed by atoms with Crippen LogP contribution in [0.1, 0.15) is 12.8 Å². The molecule has 7 heteroatoms. The minimum absolute atomic E-state index is 0.0279. The van der Waals surface area contributed by atoms with Crippen molar-refractivity contribution in [1.29, 1.82) is 0 Å². The van der Waals surface area contributed by atoms with E-state index in [-0.39, 0.29) is 11.0 Å². The van der Waals surface area contributed by atoms with E-state index in [1.165, 1.54) is 4.31 Å². The predicted molar refractivity (Wildman–Crippen MR) is 81.4 cm³/mol. The third kappa shape index (κ3) is 4.10. The molecule has 0 aliphatic carbocycles. The lowest BCUT2D eigenvalue weighted by Gasteiger charge is -2.31. The van der Waals surface area contributed by atoms with Crippen LogP contribution in [0.15, 0.2) is 29.2 Å². The molecule has 0 amide bonds. The molecule has 2 rings (SSSR count). The van der Waals surface area contributed by atoms with Gasteiger partial charge in [0.15, 0.2) is 0 Å². The molecule has 1 fully saturated rings. The van der Waals surface area contributed by atoms with Gasteiger partial charge in [-0.1, -0.05) is 0 Å². The van der Waals surface area contributed by atoms with E-state index in [4.69, 9.17) is 21.1 Å². The summed E-state index contributed by atoms with van der Waals surface area (Å²) in [6.45, 7) is 1.34. The SMILES string of the molecule is COC1CCCN(S(=O)(=O)c2ccc(OCCCl)cc2)C1. The Morgan fingerprint density at radius 3 is 2.67 bits per heavy atom. The number of alkyl halides is 1. The minimum Gasteiger partial charge on any atom is -0.492 e. The standard InChI is InChI=1S/C14H20ClNO4S/c1-19-13-3-2-9-16(11-13)21(17,18)14-6-4-12(5-7-14)20-10-8-15/h4-7,13H,2-3,8-11H2,1H3. The van der Waals surface area contributed by atoms with Crippen LogP contribution in [-0.4, -0.2) is 51.5 Å². The molecule has 1 heterocycles. The number of halogens is 1. The van der Waals surface area contributed by atoms with Crippen molar-refractivity contribution < 1.29 is 17.9 Å². The van der Waals surface area contributed by atoms with Crippen LogP contribution in [0.25, 0.3) is 0 Å². The van der Waals surface area contributed by atoms with E-state index in [2.05, 4.69) is 0 Å². The van der Waals surface area contributed by atoms with Gasteiger partial charge < -0.3 is 9.47 Å². The van der Waals surface area contributed by atoms with E-state index in [1.54, 1.807) is 31.4 Å². The maximum Gasteiger partial charge on any atom is 0.243 e. The smallest absolute Gasteiger partial charge is 0.243 e. The maximum atomic E-state index is 12.6. The van der Waals surface area contributed by atoms with E-state index in [0.29, 0.717) is 31.3 Å². The molecule has 1 aromatic rings. The molecule has 1 unspecified atom stereocenters. The van der Waals surface area contributed by atoms with Crippen LogP contribution in [-0.2, 0) is 14.8 Å². The van der Waals surface area contributed by atoms with Gasteiger partial charge in [0, 0.05) is 20.2 Å². The molecule has 118 valence electrons. The van der Waals surface area contributed by atoms with Crippen LogP contribution in [0.2, 0.25) is 0 Å². The molecule has 0 aromatic heterocycles. The molecule has 1 saturated heterocycles. The van der Waals surface area contributed by atoms with Gasteiger partial charge in [0.25, 0.3) is 0 Å². The van der Waals surface area contributed by atoms with E-state index in [9.17, 15) is 8.42 Å². The third-order valence-electron chi connectivity index (χ3n) is 3.48. The first-order chi connectivity index (χ1) is 10.1. The Labute approximate surface area is 130 Å². The second-order valence-corrected chi connectivity index (χ2v) is 7.19. The second-order valence-electron chi connectivity index (χ2n) is 4.87. The summed E-state index contributed by atoms with van der Waals surface area (Å²) in [5.41, 5.74) is 0. The second kappa shape index (κ2) is 7.45. The first-order valence-corrected chi connectivity index (χ1v) is 8.87. The highest BCUT2D eigenvalue weighted by molar-refractivity contribution is 7.89. The zero-order valence-corrected chi connectivity index (χ0v) is 13.6. The van der Waals surface area contributed by atoms with Gasteiger partial charge in [-0.3, -0.25) is 0 Å². The molecule has 1 aromatic carbocycles. The Balaban J connectivity index is 2.11. The van der Waals surface area contributed by atoms with Crippen LogP contribution < -0.4 is 4.74 Å². The van der Waals surface area contributed by atoms with Crippen LogP contribution in [0.4, 0.5) is 0 Å². The fourth-order valence-electron chi connectivity index (χ4n) is 2.33. The molecular formula is C14H20ClNO4S. The number of benzene rings is 1. The number of piperidine rings is 1. The molecule has 0 N–H and O–H groups in total. The molecule has 0 saturated carbocycles. The Bertz CT molecular complexity index is 547. The lowest BCUT2D eigenvalue weighted by Crippen LogP contribution is -2.42. The average Bonchev–Trinajstić information content (AvgIpc) is 2.53. The van der Waals surface area contributed by atoms with Gasteiger partial charge in [0.1, 0.15) is 12.4 Å². The van der Waals surface area contributed by atoms with Crippen molar-refractivity contribution in [3.8, 4) is 5.75 Å². The number of sulfonamides is 1. The van der Waals surface area contributed by atoms with E-state index < -0.39 is 10.0 Å². The Morgan fingerprint density at radius 1 is 1.33 bits per heavy atom. The molecule has 1 aliphatic rings. The highest BCUT2D eigenvalue weighted by Gasteiger charge is 2.30. The lowest BCUT2D eigenvalue weighted by atomic mass is 10.1. The lowest BCUT2D eigenvalue weighted by molar-refractivity contribution is 0.0572. The molecule has 0 bridgehead atoms. The van der Waals surface area contributed by atoms with Gasteiger partial charge in [-0.2, -0.15) is 4.31 Å². The molecular weight excluding hydrogens is 314 g/mol. The molecule has 1 atom stereocenters. The number of methoxy groups -OCH3 is 1. The fraction of sp³-hybridized carbons (Fsp3) is 0.571. The molecule has 1 aliphatic heterocycles. The first kappa shape index (κ1) is 16.5. The maximum absolute atomic E-state index is 12.6. The summed E-state index contributed by atoms with van der Waals surface area (Å²) in [5, 5.41) is 0. The summed E-state index contributed by atoms with van der Waals surface area (Å²) in [6.07, 6.45) is 1.68. The highest BCUT2D eigenvalue weighted by Crippen LogP contribution is 2.23. The molecule has 21 heavy (non-hydrogen) atoms. The Kier molecular flexibility index (Phi) is 5.87. The predicted octanol–water partition coefficient (Wildman–Crippen LogP) is 2.10. The number of hydrogen-bond acceptors (Lipinski definition) is 4. The molecule has 0 radical (unpaired) electrons. The van der Waals surface area contributed by atoms with Gasteiger partial charge >= 0.3 is 0 Å². The van der Waals surface area contributed by atoms with Crippen LogP contribution >= 0.6 is 11.6 Å². The summed E-state index contributed by atoms with van der Waals surface area (Å²) >= 11 is 5.54. The quantitative estimate of drug-likeness (QED) is 0.748. The van der Waals surface area contributed by atoms with Crippen molar-refractivity contribution in [3.05, 3.63) is 24.3 Å². The summed E-state index contributed by atoms with van der Waals surface area (Å²) < 4.78 is 37.3. The van der Waals surface area contributed by atoms with Crippen LogP contribution in [0.5, 0.6) is 5.75 Å². The van der Waals surface area contributed by atoms with Gasteiger partial charge in [-0.15, -0.1) is 11.6 Å². The zero-order chi connectivity index (χ0) is 15.3. The topological polar surface area (TPSA) is 55.8 Å². The van der Waals surface area contributed by atoms with E-state index in [1.807, 2.05) is 0 Å². The largest absolute Gasteiger partial charge is 0.492 e. The Morgan fingerprint density at radius 2 is 2.05 bits per heavy atom. The van der Waals surface area contributed by atoms with Gasteiger partial charge in [0.2, 0.25) is 10.0 Å². The van der Waals surface area contributed by atoms with Crippen molar-refractivity contribution in [2.24, 2.45) is 0 Å². The van der Waals surface area contributed by atoms with Gasteiger partial charge in [-0.25, -0.2) is 8.42 Å². The van der Waals surface area contributed by atoms with E-state index in [0.717, 1.165) is 12.8 Å². The fourth-order valence-corrected chi connectivity index (χ4v) is 3.92. The summed E-state index contributed by atoms with van der Waals surface area (Å²) in [7, 11) is -1.86. The number of ether oxygens (including phenoxy) is 2. The first-order valence-electron chi connectivity index (χ1n) is 6.89. The molecule has 5 nitrogen and oxygen atoms in total. The summed E-state index contributed by atoms with van der Waals surface area (Å²) in [6, 6.07) is 6.43. The van der Waals surface area contributed by atoms with Crippen molar-refractivity contribution in [1.82, 2.24) is 4.31 Å². The van der Waals surface area contributed by atoms with Crippen LogP contribution in [0.3, 0.4) is 0 Å². The van der Waals surface area contributed by atoms with Crippen molar-refractivity contribution >= 4 is 21.6 Å². The third-order valence-corrected chi connectivity index (χ3v) is 5.52. The van der Waals surface area contributed by atoms with Gasteiger partial charge in [0.05, 0.1) is 16.9 Å².